The van der Waals surface area contributed by atoms with Gasteiger partial charge in [0.2, 0.25) is 11.8 Å². The highest BCUT2D eigenvalue weighted by atomic mass is 32.2. The summed E-state index contributed by atoms with van der Waals surface area (Å²) >= 11 is 0. The van der Waals surface area contributed by atoms with Crippen molar-refractivity contribution < 1.29 is 18.0 Å². The van der Waals surface area contributed by atoms with Gasteiger partial charge in [0.05, 0.1) is 0 Å². The van der Waals surface area contributed by atoms with Gasteiger partial charge in [-0.1, -0.05) is 31.0 Å². The minimum absolute atomic E-state index is 0.262. The summed E-state index contributed by atoms with van der Waals surface area (Å²) in [5.74, 6) is -0.224. The molecule has 182 valence electrons. The molecule has 0 radical (unpaired) electrons. The molecule has 0 spiro atoms. The molecule has 1 aromatic rings. The number of hydrogen-bond donors (Lipinski definition) is 1. The van der Waals surface area contributed by atoms with Gasteiger partial charge in [-0.15, -0.1) is 0 Å². The molecule has 3 fully saturated rings. The van der Waals surface area contributed by atoms with Gasteiger partial charge in [-0.2, -0.15) is 0 Å². The second-order valence-corrected chi connectivity index (χ2v) is 12.4. The van der Waals surface area contributed by atoms with E-state index < -0.39 is 15.6 Å². The van der Waals surface area contributed by atoms with Crippen molar-refractivity contribution in [1.82, 2.24) is 9.80 Å². The number of benzene rings is 1. The fourth-order valence-corrected chi connectivity index (χ4v) is 6.98. The van der Waals surface area contributed by atoms with E-state index >= 15 is 0 Å². The molecular formula is C25H37N3O4S. The van der Waals surface area contributed by atoms with E-state index in [-0.39, 0.29) is 11.8 Å². The van der Waals surface area contributed by atoms with Crippen LogP contribution in [0, 0.1) is 5.92 Å². The van der Waals surface area contributed by atoms with Crippen LogP contribution >= 0.6 is 0 Å². The monoisotopic (exact) mass is 475 g/mol. The number of amides is 2. The molecule has 33 heavy (non-hydrogen) atoms. The van der Waals surface area contributed by atoms with Gasteiger partial charge < -0.3 is 10.6 Å². The predicted molar refractivity (Wildman–Crippen MR) is 129 cm³/mol. The Labute approximate surface area is 197 Å². The van der Waals surface area contributed by atoms with Crippen LogP contribution in [0.2, 0.25) is 0 Å². The van der Waals surface area contributed by atoms with Crippen LogP contribution < -0.4 is 5.73 Å². The number of carbonyl (C=O) groups is 2. The summed E-state index contributed by atoms with van der Waals surface area (Å²) in [4.78, 5) is 29.1. The standard InChI is InChI=1S/C25H37N3O4S/c1-33(31,32)17-24(29)27(16-18-6-2-3-7-18)12-13-28-20-10-11-21(28)15-19(14-20)22-8-4-5-9-23(22)25(26)30/h4-5,8-9,18-21H,2-3,6-7,10-17H2,1H3,(H2,26,30). The molecule has 2 N–H and O–H groups in total. The molecule has 0 aromatic heterocycles. The Morgan fingerprint density at radius 1 is 1.06 bits per heavy atom. The number of carbonyl (C=O) groups excluding carboxylic acids is 2. The fourth-order valence-electron chi connectivity index (χ4n) is 6.34. The van der Waals surface area contributed by atoms with Crippen molar-refractivity contribution >= 4 is 21.7 Å². The van der Waals surface area contributed by atoms with Gasteiger partial charge in [0.25, 0.3) is 0 Å². The highest BCUT2D eigenvalue weighted by molar-refractivity contribution is 7.91. The highest BCUT2D eigenvalue weighted by Gasteiger charge is 2.41. The number of sulfone groups is 1. The zero-order valence-corrected chi connectivity index (χ0v) is 20.4. The van der Waals surface area contributed by atoms with Gasteiger partial charge in [-0.25, -0.2) is 8.42 Å². The lowest BCUT2D eigenvalue weighted by Gasteiger charge is -2.40. The van der Waals surface area contributed by atoms with E-state index in [0.717, 1.165) is 56.9 Å². The molecule has 1 aliphatic carbocycles. The van der Waals surface area contributed by atoms with E-state index in [0.29, 0.717) is 42.6 Å². The molecule has 2 bridgehead atoms. The third-order valence-electron chi connectivity index (χ3n) is 7.87. The summed E-state index contributed by atoms with van der Waals surface area (Å²) in [6.07, 6.45) is 10.00. The van der Waals surface area contributed by atoms with E-state index in [1.165, 1.54) is 12.8 Å². The summed E-state index contributed by atoms with van der Waals surface area (Å²) in [7, 11) is -3.35. The normalized spacial score (nSPS) is 25.9. The van der Waals surface area contributed by atoms with Gasteiger partial charge in [0.15, 0.2) is 9.84 Å². The SMILES string of the molecule is CS(=O)(=O)CC(=O)N(CCN1C2CCC1CC(c1ccccc1C(N)=O)C2)CC1CCCC1. The molecule has 1 saturated carbocycles. The molecule has 2 unspecified atom stereocenters. The van der Waals surface area contributed by atoms with E-state index in [1.807, 2.05) is 29.2 Å². The zero-order chi connectivity index (χ0) is 23.6. The van der Waals surface area contributed by atoms with Crippen molar-refractivity contribution in [3.8, 4) is 0 Å². The van der Waals surface area contributed by atoms with Crippen molar-refractivity contribution in [2.75, 3.05) is 31.6 Å². The summed E-state index contributed by atoms with van der Waals surface area (Å²) in [5, 5.41) is 0. The zero-order valence-electron chi connectivity index (χ0n) is 19.6. The maximum atomic E-state index is 12.8. The molecule has 2 saturated heterocycles. The average molecular weight is 476 g/mol. The van der Waals surface area contributed by atoms with Crippen molar-refractivity contribution in [3.63, 3.8) is 0 Å². The first-order valence-corrected chi connectivity index (χ1v) is 14.4. The Kier molecular flexibility index (Phi) is 7.43. The first kappa shape index (κ1) is 24.2. The minimum atomic E-state index is -3.35. The van der Waals surface area contributed by atoms with Crippen LogP contribution in [0.25, 0.3) is 0 Å². The topological polar surface area (TPSA) is 101 Å². The molecule has 2 amide bonds. The van der Waals surface area contributed by atoms with Gasteiger partial charge in [0, 0.05) is 43.5 Å². The van der Waals surface area contributed by atoms with Crippen LogP contribution in [0.4, 0.5) is 0 Å². The maximum Gasteiger partial charge on any atom is 0.248 e. The van der Waals surface area contributed by atoms with Crippen molar-refractivity contribution in [2.24, 2.45) is 11.7 Å². The Hall–Kier alpha value is -1.93. The summed E-state index contributed by atoms with van der Waals surface area (Å²) in [6.45, 7) is 2.04. The summed E-state index contributed by atoms with van der Waals surface area (Å²) in [6, 6.07) is 8.54. The van der Waals surface area contributed by atoms with E-state index in [4.69, 9.17) is 5.73 Å². The molecule has 2 atom stereocenters. The summed E-state index contributed by atoms with van der Waals surface area (Å²) < 4.78 is 23.5. The van der Waals surface area contributed by atoms with Gasteiger partial charge in [-0.05, 0) is 62.0 Å². The maximum absolute atomic E-state index is 12.8. The van der Waals surface area contributed by atoms with Crippen LogP contribution in [0.1, 0.15) is 73.2 Å². The molecule has 8 heteroatoms. The number of fused-ring (bicyclic) bond motifs is 2. The largest absolute Gasteiger partial charge is 0.366 e. The number of piperidine rings is 1. The molecule has 1 aromatic carbocycles. The van der Waals surface area contributed by atoms with E-state index in [9.17, 15) is 18.0 Å². The van der Waals surface area contributed by atoms with Crippen LogP contribution in [0.3, 0.4) is 0 Å². The Morgan fingerprint density at radius 2 is 1.70 bits per heavy atom. The van der Waals surface area contributed by atoms with E-state index in [1.54, 1.807) is 0 Å². The fraction of sp³-hybridized carbons (Fsp3) is 0.680. The number of hydrogen-bond acceptors (Lipinski definition) is 5. The second-order valence-electron chi connectivity index (χ2n) is 10.3. The molecule has 3 aliphatic rings. The van der Waals surface area contributed by atoms with Gasteiger partial charge >= 0.3 is 0 Å². The quantitative estimate of drug-likeness (QED) is 0.592. The first-order chi connectivity index (χ1) is 15.7. The highest BCUT2D eigenvalue weighted by Crippen LogP contribution is 2.43. The van der Waals surface area contributed by atoms with Crippen molar-refractivity contribution in [3.05, 3.63) is 35.4 Å². The predicted octanol–water partition coefficient (Wildman–Crippen LogP) is 2.56. The molecule has 7 nitrogen and oxygen atoms in total. The van der Waals surface area contributed by atoms with Crippen LogP contribution in [-0.2, 0) is 14.6 Å². The summed E-state index contributed by atoms with van der Waals surface area (Å²) in [5.41, 5.74) is 7.32. The van der Waals surface area contributed by atoms with E-state index in [2.05, 4.69) is 4.90 Å². The Bertz CT molecular complexity index is 960. The third-order valence-corrected chi connectivity index (χ3v) is 8.64. The smallest absolute Gasteiger partial charge is 0.248 e. The third kappa shape index (κ3) is 5.96. The number of rotatable bonds is 9. The first-order valence-electron chi connectivity index (χ1n) is 12.3. The second kappa shape index (κ2) is 10.1. The Balaban J connectivity index is 1.41. The molecule has 2 heterocycles. The molecular weight excluding hydrogens is 438 g/mol. The number of nitrogens with two attached hydrogens (primary N) is 1. The van der Waals surface area contributed by atoms with Crippen LogP contribution in [-0.4, -0.2) is 73.8 Å². The number of nitrogens with zero attached hydrogens (tertiary/aromatic N) is 2. The lowest BCUT2D eigenvalue weighted by molar-refractivity contribution is -0.129. The molecule has 2 aliphatic heterocycles. The van der Waals surface area contributed by atoms with Gasteiger partial charge in [-0.3, -0.25) is 14.5 Å². The van der Waals surface area contributed by atoms with Crippen molar-refractivity contribution in [1.29, 1.82) is 0 Å². The number of primary amides is 1. The van der Waals surface area contributed by atoms with Crippen molar-refractivity contribution in [2.45, 2.75) is 69.4 Å². The Morgan fingerprint density at radius 3 is 2.30 bits per heavy atom. The lowest BCUT2D eigenvalue weighted by atomic mass is 9.82. The van der Waals surface area contributed by atoms with Gasteiger partial charge in [0.1, 0.15) is 5.75 Å². The van der Waals surface area contributed by atoms with Crippen LogP contribution in [0.5, 0.6) is 0 Å². The minimum Gasteiger partial charge on any atom is -0.366 e. The molecule has 4 rings (SSSR count). The average Bonchev–Trinajstić information content (AvgIpc) is 3.34. The lowest BCUT2D eigenvalue weighted by Crippen LogP contribution is -2.48. The van der Waals surface area contributed by atoms with Crippen LogP contribution in [0.15, 0.2) is 24.3 Å².